The van der Waals surface area contributed by atoms with E-state index in [9.17, 15) is 9.59 Å². The van der Waals surface area contributed by atoms with Crippen molar-refractivity contribution >= 4 is 23.4 Å². The van der Waals surface area contributed by atoms with Gasteiger partial charge in [-0.25, -0.2) is 0 Å². The Bertz CT molecular complexity index is 855. The Labute approximate surface area is 163 Å². The normalized spacial score (nSPS) is 22.5. The zero-order valence-electron chi connectivity index (χ0n) is 15.3. The molecule has 1 N–H and O–H groups in total. The summed E-state index contributed by atoms with van der Waals surface area (Å²) in [5.74, 6) is 0.781. The van der Waals surface area contributed by atoms with E-state index < -0.39 is 0 Å². The number of nitrogens with one attached hydrogen (secondary N) is 1. The maximum Gasteiger partial charge on any atom is 0.287 e. The maximum atomic E-state index is 12.8. The van der Waals surface area contributed by atoms with Crippen LogP contribution in [0.25, 0.3) is 0 Å². The molecule has 0 radical (unpaired) electrons. The molecule has 2 fully saturated rings. The van der Waals surface area contributed by atoms with Gasteiger partial charge in [-0.1, -0.05) is 23.7 Å². The molecule has 2 atom stereocenters. The van der Waals surface area contributed by atoms with Gasteiger partial charge in [0.1, 0.15) is 0 Å². The number of halogens is 1. The molecule has 1 saturated carbocycles. The second-order valence-corrected chi connectivity index (χ2v) is 7.95. The van der Waals surface area contributed by atoms with E-state index in [-0.39, 0.29) is 29.7 Å². The minimum Gasteiger partial charge on any atom is -0.459 e. The van der Waals surface area contributed by atoms with E-state index in [1.54, 1.807) is 6.07 Å². The quantitative estimate of drug-likeness (QED) is 0.870. The van der Waals surface area contributed by atoms with Gasteiger partial charge in [0, 0.05) is 35.6 Å². The molecule has 1 aromatic carbocycles. The summed E-state index contributed by atoms with van der Waals surface area (Å²) in [5.41, 5.74) is 1.98. The van der Waals surface area contributed by atoms with E-state index in [1.165, 1.54) is 6.26 Å². The van der Waals surface area contributed by atoms with Gasteiger partial charge in [0.05, 0.1) is 6.26 Å². The van der Waals surface area contributed by atoms with Crippen LogP contribution in [0.1, 0.15) is 46.9 Å². The lowest BCUT2D eigenvalue weighted by atomic mass is 10.0. The second-order valence-electron chi connectivity index (χ2n) is 7.51. The summed E-state index contributed by atoms with van der Waals surface area (Å²) >= 11 is 6.06. The lowest BCUT2D eigenvalue weighted by molar-refractivity contribution is -0.133. The zero-order chi connectivity index (χ0) is 19.0. The van der Waals surface area contributed by atoms with Gasteiger partial charge >= 0.3 is 0 Å². The van der Waals surface area contributed by atoms with Gasteiger partial charge in [0.2, 0.25) is 5.91 Å². The molecule has 2 unspecified atom stereocenters. The van der Waals surface area contributed by atoms with Crippen LogP contribution in [0.15, 0.2) is 41.0 Å². The molecular formula is C21H23ClN2O3. The number of carbonyl (C=O) groups is 2. The van der Waals surface area contributed by atoms with Gasteiger partial charge in [-0.05, 0) is 55.9 Å². The van der Waals surface area contributed by atoms with Crippen LogP contribution in [0.5, 0.6) is 0 Å². The van der Waals surface area contributed by atoms with Crippen molar-refractivity contribution in [3.8, 4) is 0 Å². The summed E-state index contributed by atoms with van der Waals surface area (Å²) in [6.45, 7) is 3.21. The summed E-state index contributed by atoms with van der Waals surface area (Å²) in [6, 6.07) is 9.65. The van der Waals surface area contributed by atoms with Gasteiger partial charge < -0.3 is 14.6 Å². The fourth-order valence-electron chi connectivity index (χ4n) is 3.91. The van der Waals surface area contributed by atoms with Gasteiger partial charge in [-0.3, -0.25) is 9.59 Å². The minimum atomic E-state index is -0.175. The van der Waals surface area contributed by atoms with Crippen molar-refractivity contribution in [3.63, 3.8) is 0 Å². The van der Waals surface area contributed by atoms with Crippen molar-refractivity contribution in [2.24, 2.45) is 5.92 Å². The first-order valence-corrected chi connectivity index (χ1v) is 9.80. The molecule has 2 amide bonds. The Morgan fingerprint density at radius 3 is 2.67 bits per heavy atom. The van der Waals surface area contributed by atoms with E-state index in [2.05, 4.69) is 5.32 Å². The van der Waals surface area contributed by atoms with Crippen LogP contribution in [0.3, 0.4) is 0 Å². The number of furan rings is 1. The van der Waals surface area contributed by atoms with Gasteiger partial charge in [-0.2, -0.15) is 0 Å². The van der Waals surface area contributed by atoms with Crippen LogP contribution < -0.4 is 5.32 Å². The number of aryl methyl sites for hydroxylation is 1. The van der Waals surface area contributed by atoms with E-state index in [4.69, 9.17) is 16.0 Å². The highest BCUT2D eigenvalue weighted by atomic mass is 35.5. The van der Waals surface area contributed by atoms with Crippen molar-refractivity contribution in [2.75, 3.05) is 13.1 Å². The number of carbonyl (C=O) groups excluding carboxylic acids is 2. The van der Waals surface area contributed by atoms with Crippen molar-refractivity contribution in [3.05, 3.63) is 58.5 Å². The average molecular weight is 387 g/mol. The highest BCUT2D eigenvalue weighted by Gasteiger charge is 2.46. The fourth-order valence-corrected chi connectivity index (χ4v) is 4.11. The summed E-state index contributed by atoms with van der Waals surface area (Å²) in [5, 5.41) is 3.74. The fraction of sp³-hybridized carbons (Fsp3) is 0.429. The Morgan fingerprint density at radius 2 is 2.00 bits per heavy atom. The number of hydrogen-bond acceptors (Lipinski definition) is 3. The van der Waals surface area contributed by atoms with Gasteiger partial charge in [-0.15, -0.1) is 0 Å². The van der Waals surface area contributed by atoms with Crippen LogP contribution in [-0.2, 0) is 4.79 Å². The molecular weight excluding hydrogens is 364 g/mol. The van der Waals surface area contributed by atoms with Gasteiger partial charge in [0.15, 0.2) is 5.76 Å². The molecule has 5 nitrogen and oxygen atoms in total. The van der Waals surface area contributed by atoms with E-state index in [0.717, 1.165) is 30.4 Å². The summed E-state index contributed by atoms with van der Waals surface area (Å²) in [7, 11) is 0. The molecule has 2 heterocycles. The monoisotopic (exact) mass is 386 g/mol. The number of nitrogens with zero attached hydrogens (tertiary/aromatic N) is 1. The number of amides is 2. The highest BCUT2D eigenvalue weighted by Crippen LogP contribution is 2.49. The summed E-state index contributed by atoms with van der Waals surface area (Å²) in [6.07, 6.45) is 3.96. The molecule has 0 spiro atoms. The summed E-state index contributed by atoms with van der Waals surface area (Å²) in [4.78, 5) is 27.0. The third kappa shape index (κ3) is 3.88. The highest BCUT2D eigenvalue weighted by molar-refractivity contribution is 6.30. The van der Waals surface area contributed by atoms with Crippen molar-refractivity contribution in [1.29, 1.82) is 0 Å². The van der Waals surface area contributed by atoms with Crippen molar-refractivity contribution < 1.29 is 14.0 Å². The molecule has 1 aliphatic carbocycles. The molecule has 1 aromatic heterocycles. The molecule has 1 saturated heterocycles. The SMILES string of the molecule is Cc1ccoc1C(=O)NC1CCN(C(=O)C2CC2c2cccc(Cl)c2)CC1. The molecule has 27 heavy (non-hydrogen) atoms. The van der Waals surface area contributed by atoms with E-state index in [0.29, 0.717) is 23.9 Å². The number of piperidine rings is 1. The van der Waals surface area contributed by atoms with E-state index in [1.807, 2.05) is 36.1 Å². The first-order valence-electron chi connectivity index (χ1n) is 9.42. The third-order valence-electron chi connectivity index (χ3n) is 5.59. The molecule has 0 bridgehead atoms. The molecule has 2 aliphatic rings. The maximum absolute atomic E-state index is 12.8. The Hall–Kier alpha value is -2.27. The lowest BCUT2D eigenvalue weighted by Crippen LogP contribution is -2.47. The minimum absolute atomic E-state index is 0.0698. The van der Waals surface area contributed by atoms with Crippen molar-refractivity contribution in [2.45, 2.75) is 38.1 Å². The summed E-state index contributed by atoms with van der Waals surface area (Å²) < 4.78 is 5.24. The Morgan fingerprint density at radius 1 is 1.22 bits per heavy atom. The van der Waals surface area contributed by atoms with Crippen LogP contribution in [-0.4, -0.2) is 35.8 Å². The largest absolute Gasteiger partial charge is 0.459 e. The second kappa shape index (κ2) is 7.39. The Kier molecular flexibility index (Phi) is 4.96. The molecule has 2 aromatic rings. The van der Waals surface area contributed by atoms with Crippen LogP contribution in [0.4, 0.5) is 0 Å². The lowest BCUT2D eigenvalue weighted by Gasteiger charge is -2.32. The van der Waals surface area contributed by atoms with Crippen molar-refractivity contribution in [1.82, 2.24) is 10.2 Å². The predicted molar refractivity (Wildman–Crippen MR) is 103 cm³/mol. The number of likely N-dealkylation sites (tertiary alicyclic amines) is 1. The van der Waals surface area contributed by atoms with Crippen LogP contribution in [0, 0.1) is 12.8 Å². The first kappa shape index (κ1) is 18.1. The van der Waals surface area contributed by atoms with Crippen LogP contribution in [0.2, 0.25) is 5.02 Å². The number of rotatable bonds is 4. The average Bonchev–Trinajstić information content (AvgIpc) is 3.35. The smallest absolute Gasteiger partial charge is 0.287 e. The third-order valence-corrected chi connectivity index (χ3v) is 5.83. The van der Waals surface area contributed by atoms with E-state index >= 15 is 0 Å². The topological polar surface area (TPSA) is 62.6 Å². The van der Waals surface area contributed by atoms with Gasteiger partial charge in [0.25, 0.3) is 5.91 Å². The van der Waals surface area contributed by atoms with Crippen LogP contribution >= 0.6 is 11.6 Å². The zero-order valence-corrected chi connectivity index (χ0v) is 16.0. The molecule has 1 aliphatic heterocycles. The standard InChI is InChI=1S/C21H23ClN2O3/c1-13-7-10-27-19(13)20(25)23-16-5-8-24(9-6-16)21(26)18-12-17(18)14-3-2-4-15(22)11-14/h2-4,7,10-11,16-18H,5-6,8-9,12H2,1H3,(H,23,25). The molecule has 142 valence electrons. The Balaban J connectivity index is 1.28. The number of hydrogen-bond donors (Lipinski definition) is 1. The molecule has 4 rings (SSSR count). The predicted octanol–water partition coefficient (Wildman–Crippen LogP) is 3.77. The number of benzene rings is 1. The first-order chi connectivity index (χ1) is 13.0. The molecule has 6 heteroatoms.